The first kappa shape index (κ1) is 12.6. The third kappa shape index (κ3) is 4.24. The van der Waals surface area contributed by atoms with Gasteiger partial charge in [0.15, 0.2) is 0 Å². The van der Waals surface area contributed by atoms with Crippen LogP contribution in [0.3, 0.4) is 0 Å². The predicted molar refractivity (Wildman–Crippen MR) is 60.8 cm³/mol. The highest BCUT2D eigenvalue weighted by Gasteiger charge is 2.04. The highest BCUT2D eigenvalue weighted by molar-refractivity contribution is 6.32. The van der Waals surface area contributed by atoms with Gasteiger partial charge in [-0.2, -0.15) is 0 Å². The number of alkyl halides is 1. The molecule has 0 N–H and O–H groups in total. The fourth-order valence-corrected chi connectivity index (χ4v) is 1.38. The first-order valence-corrected chi connectivity index (χ1v) is 5.60. The molecule has 1 heterocycles. The van der Waals surface area contributed by atoms with Crippen LogP contribution in [0.15, 0.2) is 12.3 Å². The number of nitrogens with zero attached hydrogens (tertiary/aromatic N) is 1. The van der Waals surface area contributed by atoms with Gasteiger partial charge < -0.3 is 9.47 Å². The molecule has 0 fully saturated rings. The quantitative estimate of drug-likeness (QED) is 0.574. The maximum absolute atomic E-state index is 5.93. The summed E-state index contributed by atoms with van der Waals surface area (Å²) in [6, 6.07) is 1.75. The molecule has 1 aromatic rings. The minimum absolute atomic E-state index is 0.395. The molecule has 0 atom stereocenters. The van der Waals surface area contributed by atoms with Gasteiger partial charge in [-0.3, -0.25) is 0 Å². The molecule has 0 unspecified atom stereocenters. The Morgan fingerprint density at radius 3 is 2.80 bits per heavy atom. The van der Waals surface area contributed by atoms with E-state index in [-0.39, 0.29) is 0 Å². The number of hydrogen-bond acceptors (Lipinski definition) is 3. The number of pyridine rings is 1. The molecule has 0 radical (unpaired) electrons. The van der Waals surface area contributed by atoms with E-state index in [1.54, 1.807) is 12.3 Å². The van der Waals surface area contributed by atoms with Gasteiger partial charge in [-0.1, -0.05) is 11.6 Å². The predicted octanol–water partition coefficient (Wildman–Crippen LogP) is 2.89. The van der Waals surface area contributed by atoms with Crippen LogP contribution < -0.4 is 4.74 Å². The Hall–Kier alpha value is -0.510. The first-order valence-electron chi connectivity index (χ1n) is 4.68. The topological polar surface area (TPSA) is 31.4 Å². The summed E-state index contributed by atoms with van der Waals surface area (Å²) < 4.78 is 10.5. The maximum Gasteiger partial charge on any atom is 0.232 e. The highest BCUT2D eigenvalue weighted by Crippen LogP contribution is 2.22. The van der Waals surface area contributed by atoms with Crippen molar-refractivity contribution in [3.05, 3.63) is 22.8 Å². The fraction of sp³-hybridized carbons (Fsp3) is 0.500. The molecule has 0 bridgehead atoms. The van der Waals surface area contributed by atoms with Gasteiger partial charge in [0.2, 0.25) is 5.88 Å². The Bertz CT molecular complexity index is 307. The summed E-state index contributed by atoms with van der Waals surface area (Å²) in [4.78, 5) is 4.05. The van der Waals surface area contributed by atoms with Gasteiger partial charge in [0.05, 0.1) is 6.61 Å². The molecule has 1 rings (SSSR count). The van der Waals surface area contributed by atoms with Crippen LogP contribution in [0.1, 0.15) is 12.5 Å². The van der Waals surface area contributed by atoms with Crippen molar-refractivity contribution in [1.82, 2.24) is 4.98 Å². The third-order valence-corrected chi connectivity index (χ3v) is 2.27. The number of rotatable bonds is 6. The van der Waals surface area contributed by atoms with Crippen LogP contribution >= 0.6 is 23.2 Å². The summed E-state index contributed by atoms with van der Waals surface area (Å²) in [5, 5.41) is 0.477. The van der Waals surface area contributed by atoms with Crippen molar-refractivity contribution in [3.8, 4) is 5.88 Å². The molecule has 5 heteroatoms. The van der Waals surface area contributed by atoms with Crippen LogP contribution in [-0.2, 0) is 10.6 Å². The Labute approximate surface area is 99.3 Å². The van der Waals surface area contributed by atoms with E-state index in [2.05, 4.69) is 4.98 Å². The Morgan fingerprint density at radius 1 is 1.40 bits per heavy atom. The van der Waals surface area contributed by atoms with E-state index in [0.717, 1.165) is 5.56 Å². The van der Waals surface area contributed by atoms with Crippen LogP contribution in [0.5, 0.6) is 5.88 Å². The molecule has 15 heavy (non-hydrogen) atoms. The largest absolute Gasteiger partial charge is 0.474 e. The third-order valence-electron chi connectivity index (χ3n) is 1.69. The Kier molecular flexibility index (Phi) is 5.76. The summed E-state index contributed by atoms with van der Waals surface area (Å²) in [5.74, 6) is 0.816. The highest BCUT2D eigenvalue weighted by atomic mass is 35.5. The smallest absolute Gasteiger partial charge is 0.232 e. The average molecular weight is 250 g/mol. The van der Waals surface area contributed by atoms with Gasteiger partial charge in [-0.25, -0.2) is 4.98 Å². The number of halogens is 2. The normalized spacial score (nSPS) is 10.3. The van der Waals surface area contributed by atoms with Gasteiger partial charge in [0, 0.05) is 18.7 Å². The zero-order valence-corrected chi connectivity index (χ0v) is 10.0. The molecular formula is C10H13Cl2NO2. The Morgan fingerprint density at radius 2 is 2.20 bits per heavy atom. The lowest BCUT2D eigenvalue weighted by Gasteiger charge is -2.07. The SMILES string of the molecule is CCOCCOc1ncc(CCl)cc1Cl. The van der Waals surface area contributed by atoms with Gasteiger partial charge in [-0.15, -0.1) is 11.6 Å². The second-order valence-electron chi connectivity index (χ2n) is 2.81. The molecule has 0 amide bonds. The van der Waals surface area contributed by atoms with Gasteiger partial charge >= 0.3 is 0 Å². The van der Waals surface area contributed by atoms with E-state index >= 15 is 0 Å². The lowest BCUT2D eigenvalue weighted by Crippen LogP contribution is -2.07. The summed E-state index contributed by atoms with van der Waals surface area (Å²) >= 11 is 11.6. The maximum atomic E-state index is 5.93. The van der Waals surface area contributed by atoms with Crippen LogP contribution in [0.2, 0.25) is 5.02 Å². The van der Waals surface area contributed by atoms with E-state index in [1.165, 1.54) is 0 Å². The second-order valence-corrected chi connectivity index (χ2v) is 3.48. The van der Waals surface area contributed by atoms with Crippen molar-refractivity contribution >= 4 is 23.2 Å². The molecule has 3 nitrogen and oxygen atoms in total. The van der Waals surface area contributed by atoms with Crippen LogP contribution in [0.4, 0.5) is 0 Å². The van der Waals surface area contributed by atoms with Crippen LogP contribution in [0, 0.1) is 0 Å². The van der Waals surface area contributed by atoms with Crippen molar-refractivity contribution in [1.29, 1.82) is 0 Å². The molecule has 0 aromatic carbocycles. The van der Waals surface area contributed by atoms with Crippen molar-refractivity contribution < 1.29 is 9.47 Å². The number of aromatic nitrogens is 1. The molecule has 0 aliphatic heterocycles. The average Bonchev–Trinajstić information content (AvgIpc) is 2.26. The first-order chi connectivity index (χ1) is 7.27. The van der Waals surface area contributed by atoms with Gasteiger partial charge in [0.25, 0.3) is 0 Å². The van der Waals surface area contributed by atoms with Crippen molar-refractivity contribution in [3.63, 3.8) is 0 Å². The molecule has 0 spiro atoms. The van der Waals surface area contributed by atoms with E-state index in [4.69, 9.17) is 32.7 Å². The second kappa shape index (κ2) is 6.88. The zero-order valence-electron chi connectivity index (χ0n) is 8.50. The molecule has 0 aliphatic carbocycles. The van der Waals surface area contributed by atoms with E-state index in [0.29, 0.717) is 36.6 Å². The van der Waals surface area contributed by atoms with E-state index in [1.807, 2.05) is 6.92 Å². The molecule has 0 aliphatic rings. The minimum atomic E-state index is 0.395. The molecule has 0 saturated carbocycles. The molecule has 84 valence electrons. The number of ether oxygens (including phenoxy) is 2. The van der Waals surface area contributed by atoms with E-state index in [9.17, 15) is 0 Å². The Balaban J connectivity index is 2.47. The van der Waals surface area contributed by atoms with E-state index < -0.39 is 0 Å². The molecular weight excluding hydrogens is 237 g/mol. The standard InChI is InChI=1S/C10H13Cl2NO2/c1-2-14-3-4-15-10-9(12)5-8(6-11)7-13-10/h5,7H,2-4,6H2,1H3. The van der Waals surface area contributed by atoms with Crippen molar-refractivity contribution in [2.45, 2.75) is 12.8 Å². The van der Waals surface area contributed by atoms with Crippen molar-refractivity contribution in [2.75, 3.05) is 19.8 Å². The van der Waals surface area contributed by atoms with Gasteiger partial charge in [-0.05, 0) is 18.6 Å². The minimum Gasteiger partial charge on any atom is -0.474 e. The zero-order chi connectivity index (χ0) is 11.1. The van der Waals surface area contributed by atoms with Gasteiger partial charge in [0.1, 0.15) is 11.6 Å². The summed E-state index contributed by atoms with van der Waals surface area (Å²) in [5.41, 5.74) is 0.874. The number of hydrogen-bond donors (Lipinski definition) is 0. The van der Waals surface area contributed by atoms with Crippen LogP contribution in [0.25, 0.3) is 0 Å². The van der Waals surface area contributed by atoms with Crippen molar-refractivity contribution in [2.24, 2.45) is 0 Å². The van der Waals surface area contributed by atoms with Crippen LogP contribution in [-0.4, -0.2) is 24.8 Å². The fourth-order valence-electron chi connectivity index (χ4n) is 0.986. The summed E-state index contributed by atoms with van der Waals surface area (Å²) in [7, 11) is 0. The molecule has 0 saturated heterocycles. The summed E-state index contributed by atoms with van der Waals surface area (Å²) in [6.45, 7) is 3.59. The molecule has 1 aromatic heterocycles. The lowest BCUT2D eigenvalue weighted by molar-refractivity contribution is 0.108. The summed E-state index contributed by atoms with van der Waals surface area (Å²) in [6.07, 6.45) is 1.65. The lowest BCUT2D eigenvalue weighted by atomic mass is 10.3. The monoisotopic (exact) mass is 249 g/mol.